The number of halogens is 1. The SMILES string of the molecule is OCC[C@@H](c1ccc(O)c(Cl)c1)N1CCNCC1. The fourth-order valence-corrected chi connectivity index (χ4v) is 2.60. The van der Waals surface area contributed by atoms with Crippen LogP contribution in [0.25, 0.3) is 0 Å². The van der Waals surface area contributed by atoms with Gasteiger partial charge in [-0.25, -0.2) is 0 Å². The van der Waals surface area contributed by atoms with Gasteiger partial charge >= 0.3 is 0 Å². The van der Waals surface area contributed by atoms with Crippen molar-refractivity contribution in [1.29, 1.82) is 0 Å². The molecule has 5 heteroatoms. The summed E-state index contributed by atoms with van der Waals surface area (Å²) < 4.78 is 0. The smallest absolute Gasteiger partial charge is 0.134 e. The van der Waals surface area contributed by atoms with Gasteiger partial charge in [0.25, 0.3) is 0 Å². The summed E-state index contributed by atoms with van der Waals surface area (Å²) in [5, 5.41) is 22.4. The number of nitrogens with one attached hydrogen (secondary N) is 1. The second kappa shape index (κ2) is 6.38. The highest BCUT2D eigenvalue weighted by Crippen LogP contribution is 2.30. The quantitative estimate of drug-likeness (QED) is 0.774. The van der Waals surface area contributed by atoms with Gasteiger partial charge in [0.05, 0.1) is 5.02 Å². The highest BCUT2D eigenvalue weighted by molar-refractivity contribution is 6.32. The minimum Gasteiger partial charge on any atom is -0.506 e. The van der Waals surface area contributed by atoms with Crippen LogP contribution in [0.1, 0.15) is 18.0 Å². The molecule has 0 spiro atoms. The van der Waals surface area contributed by atoms with Crippen molar-refractivity contribution in [3.8, 4) is 5.75 Å². The molecular weight excluding hydrogens is 252 g/mol. The Bertz CT molecular complexity index is 395. The van der Waals surface area contributed by atoms with Crippen LogP contribution < -0.4 is 5.32 Å². The predicted molar refractivity (Wildman–Crippen MR) is 72.0 cm³/mol. The van der Waals surface area contributed by atoms with Crippen LogP contribution in [0, 0.1) is 0 Å². The van der Waals surface area contributed by atoms with E-state index in [9.17, 15) is 10.2 Å². The molecule has 0 amide bonds. The van der Waals surface area contributed by atoms with Gasteiger partial charge < -0.3 is 15.5 Å². The third kappa shape index (κ3) is 3.14. The van der Waals surface area contributed by atoms with Gasteiger partial charge in [0.15, 0.2) is 0 Å². The van der Waals surface area contributed by atoms with E-state index in [1.54, 1.807) is 12.1 Å². The minimum absolute atomic E-state index is 0.100. The maximum atomic E-state index is 9.46. The molecule has 2 rings (SSSR count). The van der Waals surface area contributed by atoms with Gasteiger partial charge in [-0.1, -0.05) is 17.7 Å². The molecule has 0 aromatic heterocycles. The zero-order valence-electron chi connectivity index (χ0n) is 10.3. The zero-order valence-corrected chi connectivity index (χ0v) is 11.0. The molecule has 1 heterocycles. The number of aliphatic hydroxyl groups excluding tert-OH is 1. The molecule has 3 N–H and O–H groups in total. The summed E-state index contributed by atoms with van der Waals surface area (Å²) in [4.78, 5) is 2.34. The largest absolute Gasteiger partial charge is 0.506 e. The number of phenols is 1. The summed E-state index contributed by atoms with van der Waals surface area (Å²) in [6.45, 7) is 4.00. The van der Waals surface area contributed by atoms with Crippen LogP contribution in [0.3, 0.4) is 0 Å². The molecule has 0 unspecified atom stereocenters. The zero-order chi connectivity index (χ0) is 13.0. The van der Waals surface area contributed by atoms with E-state index in [1.807, 2.05) is 6.07 Å². The Morgan fingerprint density at radius 2 is 2.06 bits per heavy atom. The third-order valence-electron chi connectivity index (χ3n) is 3.35. The van der Waals surface area contributed by atoms with Crippen molar-refractivity contribution in [1.82, 2.24) is 10.2 Å². The van der Waals surface area contributed by atoms with E-state index in [-0.39, 0.29) is 18.4 Å². The maximum Gasteiger partial charge on any atom is 0.134 e. The number of aromatic hydroxyl groups is 1. The predicted octanol–water partition coefficient (Wildman–Crippen LogP) is 1.37. The monoisotopic (exact) mass is 270 g/mol. The molecule has 1 aromatic rings. The van der Waals surface area contributed by atoms with Gasteiger partial charge in [0, 0.05) is 38.8 Å². The van der Waals surface area contributed by atoms with Crippen LogP contribution in [0.15, 0.2) is 18.2 Å². The molecule has 0 radical (unpaired) electrons. The summed E-state index contributed by atoms with van der Waals surface area (Å²) in [6, 6.07) is 5.45. The molecular formula is C13H19ClN2O2. The number of nitrogens with zero attached hydrogens (tertiary/aromatic N) is 1. The van der Waals surface area contributed by atoms with Crippen molar-refractivity contribution in [2.24, 2.45) is 0 Å². The maximum absolute atomic E-state index is 9.46. The number of hydrogen-bond acceptors (Lipinski definition) is 4. The summed E-state index contributed by atoms with van der Waals surface area (Å²) in [7, 11) is 0. The average molecular weight is 271 g/mol. The average Bonchev–Trinajstić information content (AvgIpc) is 2.40. The van der Waals surface area contributed by atoms with Crippen molar-refractivity contribution in [3.63, 3.8) is 0 Å². The highest BCUT2D eigenvalue weighted by Gasteiger charge is 2.22. The lowest BCUT2D eigenvalue weighted by Crippen LogP contribution is -2.45. The van der Waals surface area contributed by atoms with E-state index in [0.29, 0.717) is 11.4 Å². The number of aliphatic hydroxyl groups is 1. The Morgan fingerprint density at radius 1 is 1.33 bits per heavy atom. The third-order valence-corrected chi connectivity index (χ3v) is 3.65. The normalized spacial score (nSPS) is 18.8. The Hall–Kier alpha value is -0.810. The summed E-state index contributed by atoms with van der Waals surface area (Å²) in [5.41, 5.74) is 1.05. The summed E-state index contributed by atoms with van der Waals surface area (Å²) in [5.74, 6) is 0.100. The van der Waals surface area contributed by atoms with Gasteiger partial charge in [-0.3, -0.25) is 4.90 Å². The Labute approximate surface area is 112 Å². The van der Waals surface area contributed by atoms with Crippen molar-refractivity contribution in [2.45, 2.75) is 12.5 Å². The Balaban J connectivity index is 2.19. The molecule has 1 atom stereocenters. The first-order chi connectivity index (χ1) is 8.72. The van der Waals surface area contributed by atoms with E-state index in [0.717, 1.165) is 31.7 Å². The van der Waals surface area contributed by atoms with Crippen LogP contribution in [0.2, 0.25) is 5.02 Å². The second-order valence-corrected chi connectivity index (χ2v) is 4.93. The molecule has 1 aliphatic heterocycles. The molecule has 100 valence electrons. The minimum atomic E-state index is 0.100. The summed E-state index contributed by atoms with van der Waals surface area (Å²) >= 11 is 5.95. The van der Waals surface area contributed by atoms with E-state index >= 15 is 0 Å². The molecule has 0 aliphatic carbocycles. The lowest BCUT2D eigenvalue weighted by molar-refractivity contribution is 0.141. The topological polar surface area (TPSA) is 55.7 Å². The number of hydrogen-bond donors (Lipinski definition) is 3. The first-order valence-electron chi connectivity index (χ1n) is 6.26. The van der Waals surface area contributed by atoms with Crippen LogP contribution in [-0.2, 0) is 0 Å². The number of phenolic OH excluding ortho intramolecular Hbond substituents is 1. The number of rotatable bonds is 4. The molecule has 1 saturated heterocycles. The van der Waals surface area contributed by atoms with E-state index in [4.69, 9.17) is 11.6 Å². The molecule has 1 aliphatic rings. The van der Waals surface area contributed by atoms with E-state index in [2.05, 4.69) is 10.2 Å². The Morgan fingerprint density at radius 3 is 2.67 bits per heavy atom. The summed E-state index contributed by atoms with van der Waals surface area (Å²) in [6.07, 6.45) is 0.682. The van der Waals surface area contributed by atoms with E-state index < -0.39 is 0 Å². The van der Waals surface area contributed by atoms with Crippen LogP contribution >= 0.6 is 11.6 Å². The number of benzene rings is 1. The van der Waals surface area contributed by atoms with Gasteiger partial charge in [0.1, 0.15) is 5.75 Å². The van der Waals surface area contributed by atoms with Crippen LogP contribution in [-0.4, -0.2) is 47.9 Å². The van der Waals surface area contributed by atoms with Crippen molar-refractivity contribution in [3.05, 3.63) is 28.8 Å². The van der Waals surface area contributed by atoms with Gasteiger partial charge in [-0.15, -0.1) is 0 Å². The molecule has 1 aromatic carbocycles. The first-order valence-corrected chi connectivity index (χ1v) is 6.64. The Kier molecular flexibility index (Phi) is 4.83. The van der Waals surface area contributed by atoms with Crippen LogP contribution in [0.4, 0.5) is 0 Å². The van der Waals surface area contributed by atoms with Crippen molar-refractivity contribution >= 4 is 11.6 Å². The van der Waals surface area contributed by atoms with Crippen LogP contribution in [0.5, 0.6) is 5.75 Å². The van der Waals surface area contributed by atoms with Crippen molar-refractivity contribution in [2.75, 3.05) is 32.8 Å². The van der Waals surface area contributed by atoms with E-state index in [1.165, 1.54) is 0 Å². The lowest BCUT2D eigenvalue weighted by atomic mass is 10.0. The molecule has 0 saturated carbocycles. The molecule has 4 nitrogen and oxygen atoms in total. The molecule has 18 heavy (non-hydrogen) atoms. The standard InChI is InChI=1S/C13H19ClN2O2/c14-11-9-10(1-2-13(11)18)12(3-8-17)16-6-4-15-5-7-16/h1-2,9,12,15,17-18H,3-8H2/t12-/m0/s1. The van der Waals surface area contributed by atoms with Gasteiger partial charge in [0.2, 0.25) is 0 Å². The molecule has 0 bridgehead atoms. The molecule has 1 fully saturated rings. The lowest BCUT2D eigenvalue weighted by Gasteiger charge is -2.35. The van der Waals surface area contributed by atoms with Gasteiger partial charge in [-0.2, -0.15) is 0 Å². The highest BCUT2D eigenvalue weighted by atomic mass is 35.5. The fourth-order valence-electron chi connectivity index (χ4n) is 2.41. The first kappa shape index (κ1) is 13.6. The second-order valence-electron chi connectivity index (χ2n) is 4.52. The number of piperazine rings is 1. The van der Waals surface area contributed by atoms with Gasteiger partial charge in [-0.05, 0) is 24.1 Å². The fraction of sp³-hybridized carbons (Fsp3) is 0.538. The van der Waals surface area contributed by atoms with Crippen molar-refractivity contribution < 1.29 is 10.2 Å².